The molecule has 6 nitrogen and oxygen atoms in total. The summed E-state index contributed by atoms with van der Waals surface area (Å²) >= 11 is 0. The van der Waals surface area contributed by atoms with Crippen molar-refractivity contribution >= 4 is 32.2 Å². The van der Waals surface area contributed by atoms with E-state index in [1.165, 1.54) is 0 Å². The highest BCUT2D eigenvalue weighted by Gasteiger charge is 2.36. The van der Waals surface area contributed by atoms with Gasteiger partial charge in [-0.3, -0.25) is 9.48 Å². The van der Waals surface area contributed by atoms with E-state index in [1.54, 1.807) is 4.68 Å². The van der Waals surface area contributed by atoms with Crippen molar-refractivity contribution in [3.63, 3.8) is 0 Å². The molecule has 0 spiro atoms. The molecular weight excluding hydrogens is 374 g/mol. The van der Waals surface area contributed by atoms with Gasteiger partial charge in [0.15, 0.2) is 15.5 Å². The van der Waals surface area contributed by atoms with Crippen LogP contribution in [0, 0.1) is 0 Å². The van der Waals surface area contributed by atoms with Crippen molar-refractivity contribution in [3.05, 3.63) is 59.9 Å². The van der Waals surface area contributed by atoms with Crippen LogP contribution in [-0.4, -0.2) is 35.6 Å². The molecular formula is C21H21N3O3S. The van der Waals surface area contributed by atoms with Crippen LogP contribution in [0.15, 0.2) is 48.5 Å². The Labute approximate surface area is 163 Å². The van der Waals surface area contributed by atoms with E-state index in [-0.39, 0.29) is 23.5 Å². The summed E-state index contributed by atoms with van der Waals surface area (Å²) < 4.78 is 25.6. The van der Waals surface area contributed by atoms with Gasteiger partial charge in [0.05, 0.1) is 17.5 Å². The summed E-state index contributed by atoms with van der Waals surface area (Å²) in [6.07, 6.45) is 2.70. The Kier molecular flexibility index (Phi) is 4.01. The molecule has 2 aliphatic rings. The Hall–Kier alpha value is -2.67. The first-order valence-corrected chi connectivity index (χ1v) is 11.4. The molecule has 1 amide bonds. The highest BCUT2D eigenvalue weighted by molar-refractivity contribution is 7.91. The minimum Gasteiger partial charge on any atom is -0.321 e. The van der Waals surface area contributed by atoms with Crippen LogP contribution < -0.4 is 5.32 Å². The third-order valence-corrected chi connectivity index (χ3v) is 7.30. The topological polar surface area (TPSA) is 81.1 Å². The van der Waals surface area contributed by atoms with Gasteiger partial charge in [-0.05, 0) is 48.2 Å². The number of sulfone groups is 1. The fourth-order valence-electron chi connectivity index (χ4n) is 3.93. The summed E-state index contributed by atoms with van der Waals surface area (Å²) in [7, 11) is -3.01. The lowest BCUT2D eigenvalue weighted by Crippen LogP contribution is -2.17. The number of aromatic nitrogens is 2. The number of amides is 1. The fourth-order valence-corrected chi connectivity index (χ4v) is 5.62. The van der Waals surface area contributed by atoms with Crippen molar-refractivity contribution in [3.8, 4) is 0 Å². The van der Waals surface area contributed by atoms with Gasteiger partial charge in [-0.25, -0.2) is 8.42 Å². The Morgan fingerprint density at radius 3 is 2.54 bits per heavy atom. The SMILES string of the molecule is O=C(Nc1ccc2ccccc2c1)c1cc(C2CC2)n(C2CCS(=O)(=O)C2)n1. The van der Waals surface area contributed by atoms with Gasteiger partial charge in [0.2, 0.25) is 0 Å². The molecule has 7 heteroatoms. The normalized spacial score (nSPS) is 21.1. The number of carbonyl (C=O) groups excluding carboxylic acids is 1. The van der Waals surface area contributed by atoms with Crippen LogP contribution in [0.2, 0.25) is 0 Å². The average molecular weight is 395 g/mol. The van der Waals surface area contributed by atoms with E-state index in [0.29, 0.717) is 18.0 Å². The molecule has 1 aliphatic heterocycles. The maximum absolute atomic E-state index is 12.8. The minimum atomic E-state index is -3.01. The first kappa shape index (κ1) is 17.4. The number of hydrogen-bond acceptors (Lipinski definition) is 4. The van der Waals surface area contributed by atoms with Crippen molar-refractivity contribution in [2.24, 2.45) is 0 Å². The predicted octanol–water partition coefficient (Wildman–Crippen LogP) is 3.53. The lowest BCUT2D eigenvalue weighted by molar-refractivity contribution is 0.102. The molecule has 2 fully saturated rings. The molecule has 1 unspecified atom stereocenters. The fraction of sp³-hybridized carbons (Fsp3) is 0.333. The molecule has 28 heavy (non-hydrogen) atoms. The first-order chi connectivity index (χ1) is 13.5. The Morgan fingerprint density at radius 2 is 1.82 bits per heavy atom. The zero-order valence-corrected chi connectivity index (χ0v) is 16.2. The summed E-state index contributed by atoms with van der Waals surface area (Å²) in [4.78, 5) is 12.8. The van der Waals surface area contributed by atoms with Crippen LogP contribution in [0.4, 0.5) is 5.69 Å². The Bertz CT molecular complexity index is 1180. The van der Waals surface area contributed by atoms with Crippen molar-refractivity contribution in [2.75, 3.05) is 16.8 Å². The summed E-state index contributed by atoms with van der Waals surface area (Å²) in [5.41, 5.74) is 2.06. The largest absolute Gasteiger partial charge is 0.321 e. The second-order valence-corrected chi connectivity index (χ2v) is 9.97. The van der Waals surface area contributed by atoms with Crippen molar-refractivity contribution in [1.82, 2.24) is 9.78 Å². The summed E-state index contributed by atoms with van der Waals surface area (Å²) in [6.45, 7) is 0. The maximum Gasteiger partial charge on any atom is 0.276 e. The highest BCUT2D eigenvalue weighted by Crippen LogP contribution is 2.42. The first-order valence-electron chi connectivity index (χ1n) is 9.58. The van der Waals surface area contributed by atoms with E-state index >= 15 is 0 Å². The lowest BCUT2D eigenvalue weighted by Gasteiger charge is -2.12. The van der Waals surface area contributed by atoms with Crippen LogP contribution in [0.1, 0.15) is 47.4 Å². The monoisotopic (exact) mass is 395 g/mol. The zero-order chi connectivity index (χ0) is 19.3. The summed E-state index contributed by atoms with van der Waals surface area (Å²) in [5.74, 6) is 0.426. The number of rotatable bonds is 4. The van der Waals surface area contributed by atoms with Gasteiger partial charge in [-0.2, -0.15) is 5.10 Å². The molecule has 1 N–H and O–H groups in total. The molecule has 0 radical (unpaired) electrons. The number of nitrogens with one attached hydrogen (secondary N) is 1. The lowest BCUT2D eigenvalue weighted by atomic mass is 10.1. The van der Waals surface area contributed by atoms with Crippen LogP contribution >= 0.6 is 0 Å². The third-order valence-electron chi connectivity index (χ3n) is 5.55. The molecule has 3 aromatic rings. The average Bonchev–Trinajstić information content (AvgIpc) is 3.32. The number of anilines is 1. The van der Waals surface area contributed by atoms with E-state index in [0.717, 1.165) is 35.0 Å². The van der Waals surface area contributed by atoms with Crippen molar-refractivity contribution in [1.29, 1.82) is 0 Å². The standard InChI is InChI=1S/C21H21N3O3S/c25-21(22-17-8-7-14-3-1-2-4-16(14)11-17)19-12-20(15-5-6-15)24(23-19)18-9-10-28(26,27)13-18/h1-4,7-8,11-12,15,18H,5-6,9-10,13H2,(H,22,25). The highest BCUT2D eigenvalue weighted by atomic mass is 32.2. The molecule has 1 aliphatic carbocycles. The zero-order valence-electron chi connectivity index (χ0n) is 15.3. The number of carbonyl (C=O) groups is 1. The van der Waals surface area contributed by atoms with E-state index in [4.69, 9.17) is 0 Å². The third kappa shape index (κ3) is 3.30. The van der Waals surface area contributed by atoms with Crippen molar-refractivity contribution in [2.45, 2.75) is 31.2 Å². The minimum absolute atomic E-state index is 0.111. The molecule has 2 heterocycles. The van der Waals surface area contributed by atoms with Gasteiger partial charge in [-0.1, -0.05) is 30.3 Å². The smallest absolute Gasteiger partial charge is 0.276 e. The number of nitrogens with zero attached hydrogens (tertiary/aromatic N) is 2. The van der Waals surface area contributed by atoms with E-state index in [2.05, 4.69) is 10.4 Å². The molecule has 1 saturated heterocycles. The van der Waals surface area contributed by atoms with Gasteiger partial charge in [-0.15, -0.1) is 0 Å². The quantitative estimate of drug-likeness (QED) is 0.733. The number of fused-ring (bicyclic) bond motifs is 1. The molecule has 5 rings (SSSR count). The summed E-state index contributed by atoms with van der Waals surface area (Å²) in [5, 5.41) is 9.61. The number of hydrogen-bond donors (Lipinski definition) is 1. The van der Waals surface area contributed by atoms with Crippen LogP contribution in [0.3, 0.4) is 0 Å². The van der Waals surface area contributed by atoms with Gasteiger partial charge < -0.3 is 5.32 Å². The van der Waals surface area contributed by atoms with Crippen LogP contribution in [0.25, 0.3) is 10.8 Å². The van der Waals surface area contributed by atoms with Crippen molar-refractivity contribution < 1.29 is 13.2 Å². The molecule has 1 saturated carbocycles. The molecule has 1 aromatic heterocycles. The second-order valence-electron chi connectivity index (χ2n) is 7.75. The predicted molar refractivity (Wildman–Crippen MR) is 108 cm³/mol. The second kappa shape index (κ2) is 6.44. The van der Waals surface area contributed by atoms with Gasteiger partial charge >= 0.3 is 0 Å². The Balaban J connectivity index is 1.42. The molecule has 2 aromatic carbocycles. The van der Waals surface area contributed by atoms with E-state index < -0.39 is 9.84 Å². The van der Waals surface area contributed by atoms with Crippen LogP contribution in [0.5, 0.6) is 0 Å². The molecule has 144 valence electrons. The maximum atomic E-state index is 12.8. The van der Waals surface area contributed by atoms with E-state index in [1.807, 2.05) is 48.5 Å². The van der Waals surface area contributed by atoms with Crippen LogP contribution in [-0.2, 0) is 9.84 Å². The van der Waals surface area contributed by atoms with Gasteiger partial charge in [0.25, 0.3) is 5.91 Å². The molecule has 0 bridgehead atoms. The Morgan fingerprint density at radius 1 is 1.04 bits per heavy atom. The van der Waals surface area contributed by atoms with Gasteiger partial charge in [0, 0.05) is 17.3 Å². The van der Waals surface area contributed by atoms with Gasteiger partial charge in [0.1, 0.15) is 0 Å². The summed E-state index contributed by atoms with van der Waals surface area (Å²) in [6, 6.07) is 15.4. The molecule has 1 atom stereocenters. The van der Waals surface area contributed by atoms with E-state index in [9.17, 15) is 13.2 Å². The number of benzene rings is 2.